The van der Waals surface area contributed by atoms with Crippen LogP contribution in [-0.4, -0.2) is 28.8 Å². The number of hydrogen-bond acceptors (Lipinski definition) is 6. The van der Waals surface area contributed by atoms with Crippen molar-refractivity contribution in [3.05, 3.63) is 20.8 Å². The van der Waals surface area contributed by atoms with Crippen LogP contribution in [0.15, 0.2) is 9.95 Å². The average molecular weight is 340 g/mol. The van der Waals surface area contributed by atoms with Crippen molar-refractivity contribution in [2.24, 2.45) is 5.92 Å². The molecular weight excluding hydrogens is 320 g/mol. The van der Waals surface area contributed by atoms with Gasteiger partial charge in [-0.3, -0.25) is 9.59 Å². The molecule has 0 aromatic carbocycles. The van der Waals surface area contributed by atoms with Crippen molar-refractivity contribution in [1.82, 2.24) is 9.97 Å². The number of thioether (sulfide) groups is 1. The third-order valence-electron chi connectivity index (χ3n) is 3.64. The lowest BCUT2D eigenvalue weighted by molar-refractivity contribution is -0.137. The van der Waals surface area contributed by atoms with E-state index in [0.29, 0.717) is 16.5 Å². The largest absolute Gasteiger partial charge is 0.468 e. The van der Waals surface area contributed by atoms with Crippen molar-refractivity contribution in [1.29, 1.82) is 0 Å². The van der Waals surface area contributed by atoms with Crippen molar-refractivity contribution in [2.45, 2.75) is 38.8 Å². The van der Waals surface area contributed by atoms with Crippen LogP contribution in [0.4, 0.5) is 0 Å². The third-order valence-corrected chi connectivity index (χ3v) is 5.53. The summed E-state index contributed by atoms with van der Waals surface area (Å²) in [5.74, 6) is 0.325. The van der Waals surface area contributed by atoms with Crippen LogP contribution >= 0.6 is 23.1 Å². The molecule has 1 unspecified atom stereocenters. The fourth-order valence-electron chi connectivity index (χ4n) is 2.15. The average Bonchev–Trinajstić information content (AvgIpc) is 2.80. The molecule has 0 saturated heterocycles. The Kier molecular flexibility index (Phi) is 5.63. The van der Waals surface area contributed by atoms with E-state index in [2.05, 4.69) is 28.6 Å². The number of aromatic amines is 1. The molecule has 0 amide bonds. The lowest BCUT2D eigenvalue weighted by Crippen LogP contribution is -2.12. The Balaban J connectivity index is 2.36. The van der Waals surface area contributed by atoms with Crippen LogP contribution in [0.2, 0.25) is 0 Å². The maximum absolute atomic E-state index is 12.4. The SMILES string of the molecule is CCC(C)Cc1c(C)sc2nc(SCC(=O)OC)[nH]c(=O)c12. The Labute approximate surface area is 137 Å². The Hall–Kier alpha value is -1.34. The van der Waals surface area contributed by atoms with Gasteiger partial charge in [-0.25, -0.2) is 4.98 Å². The van der Waals surface area contributed by atoms with E-state index in [1.165, 1.54) is 30.2 Å². The number of methoxy groups -OCH3 is 1. The molecule has 2 aromatic heterocycles. The highest BCUT2D eigenvalue weighted by atomic mass is 32.2. The first-order chi connectivity index (χ1) is 10.5. The number of hydrogen-bond donors (Lipinski definition) is 1. The molecule has 1 N–H and O–H groups in total. The number of thiophene rings is 1. The highest BCUT2D eigenvalue weighted by molar-refractivity contribution is 7.99. The number of esters is 1. The summed E-state index contributed by atoms with van der Waals surface area (Å²) >= 11 is 2.72. The molecule has 7 heteroatoms. The summed E-state index contributed by atoms with van der Waals surface area (Å²) < 4.78 is 4.59. The van der Waals surface area contributed by atoms with Crippen LogP contribution < -0.4 is 5.56 Å². The molecule has 2 aromatic rings. The van der Waals surface area contributed by atoms with Gasteiger partial charge in [0, 0.05) is 4.88 Å². The van der Waals surface area contributed by atoms with Crippen molar-refractivity contribution in [3.63, 3.8) is 0 Å². The zero-order valence-electron chi connectivity index (χ0n) is 13.2. The van der Waals surface area contributed by atoms with Crippen molar-refractivity contribution < 1.29 is 9.53 Å². The fraction of sp³-hybridized carbons (Fsp3) is 0.533. The minimum atomic E-state index is -0.340. The molecule has 0 spiro atoms. The summed E-state index contributed by atoms with van der Waals surface area (Å²) in [7, 11) is 1.34. The van der Waals surface area contributed by atoms with E-state index in [0.717, 1.165) is 28.1 Å². The molecule has 0 fully saturated rings. The van der Waals surface area contributed by atoms with Crippen LogP contribution in [-0.2, 0) is 16.0 Å². The second-order valence-electron chi connectivity index (χ2n) is 5.27. The van der Waals surface area contributed by atoms with Crippen molar-refractivity contribution >= 4 is 39.3 Å². The molecule has 1 atom stereocenters. The molecular formula is C15H20N2O3S2. The van der Waals surface area contributed by atoms with Gasteiger partial charge in [-0.15, -0.1) is 11.3 Å². The van der Waals surface area contributed by atoms with Gasteiger partial charge in [0.1, 0.15) is 4.83 Å². The lowest BCUT2D eigenvalue weighted by Gasteiger charge is -2.08. The van der Waals surface area contributed by atoms with Gasteiger partial charge < -0.3 is 9.72 Å². The molecule has 2 heterocycles. The Morgan fingerprint density at radius 3 is 2.86 bits per heavy atom. The van der Waals surface area contributed by atoms with Crippen LogP contribution in [0.25, 0.3) is 10.2 Å². The second kappa shape index (κ2) is 7.28. The smallest absolute Gasteiger partial charge is 0.316 e. The Morgan fingerprint density at radius 1 is 1.50 bits per heavy atom. The van der Waals surface area contributed by atoms with Crippen LogP contribution in [0.1, 0.15) is 30.7 Å². The fourth-order valence-corrected chi connectivity index (χ4v) is 3.95. The van der Waals surface area contributed by atoms with Gasteiger partial charge in [0.05, 0.1) is 18.2 Å². The monoisotopic (exact) mass is 340 g/mol. The lowest BCUT2D eigenvalue weighted by atomic mass is 9.98. The van der Waals surface area contributed by atoms with Gasteiger partial charge in [0.15, 0.2) is 5.16 Å². The van der Waals surface area contributed by atoms with Crippen LogP contribution in [0.3, 0.4) is 0 Å². The van der Waals surface area contributed by atoms with Crippen molar-refractivity contribution in [3.8, 4) is 0 Å². The predicted molar refractivity (Wildman–Crippen MR) is 90.9 cm³/mol. The number of carbonyl (C=O) groups is 1. The highest BCUT2D eigenvalue weighted by Crippen LogP contribution is 2.30. The molecule has 0 saturated carbocycles. The molecule has 0 aliphatic rings. The zero-order chi connectivity index (χ0) is 16.3. The molecule has 120 valence electrons. The first-order valence-electron chi connectivity index (χ1n) is 7.18. The van der Waals surface area contributed by atoms with E-state index in [1.807, 2.05) is 6.92 Å². The summed E-state index contributed by atoms with van der Waals surface area (Å²) in [6.45, 7) is 6.37. The summed E-state index contributed by atoms with van der Waals surface area (Å²) in [6, 6.07) is 0. The summed E-state index contributed by atoms with van der Waals surface area (Å²) in [4.78, 5) is 32.7. The van der Waals surface area contributed by atoms with E-state index in [9.17, 15) is 9.59 Å². The first-order valence-corrected chi connectivity index (χ1v) is 8.98. The van der Waals surface area contributed by atoms with E-state index in [4.69, 9.17) is 0 Å². The number of carbonyl (C=O) groups excluding carboxylic acids is 1. The van der Waals surface area contributed by atoms with Gasteiger partial charge in [-0.1, -0.05) is 32.0 Å². The van der Waals surface area contributed by atoms with Gasteiger partial charge in [0.25, 0.3) is 5.56 Å². The van der Waals surface area contributed by atoms with Gasteiger partial charge in [-0.05, 0) is 24.8 Å². The highest BCUT2D eigenvalue weighted by Gasteiger charge is 2.17. The van der Waals surface area contributed by atoms with E-state index in [1.54, 1.807) is 0 Å². The number of ether oxygens (including phenoxy) is 1. The maximum atomic E-state index is 12.4. The Bertz CT molecular complexity index is 736. The third kappa shape index (κ3) is 3.70. The first kappa shape index (κ1) is 17.0. The molecule has 22 heavy (non-hydrogen) atoms. The van der Waals surface area contributed by atoms with Gasteiger partial charge in [0.2, 0.25) is 0 Å². The topological polar surface area (TPSA) is 72.0 Å². The summed E-state index contributed by atoms with van der Waals surface area (Å²) in [5.41, 5.74) is 0.979. The summed E-state index contributed by atoms with van der Waals surface area (Å²) in [6.07, 6.45) is 1.97. The number of rotatable bonds is 6. The predicted octanol–water partition coefficient (Wildman–Crippen LogP) is 3.15. The molecule has 0 radical (unpaired) electrons. The standard InChI is InChI=1S/C15H20N2O3S2/c1-5-8(2)6-10-9(3)22-14-12(10)13(19)16-15(17-14)21-7-11(18)20-4/h8H,5-7H2,1-4H3,(H,16,17,19). The van der Waals surface area contributed by atoms with E-state index >= 15 is 0 Å². The van der Waals surface area contributed by atoms with Crippen molar-refractivity contribution in [2.75, 3.05) is 12.9 Å². The van der Waals surface area contributed by atoms with Crippen LogP contribution in [0, 0.1) is 12.8 Å². The molecule has 0 aliphatic carbocycles. The van der Waals surface area contributed by atoms with Gasteiger partial charge in [-0.2, -0.15) is 0 Å². The Morgan fingerprint density at radius 2 is 2.23 bits per heavy atom. The zero-order valence-corrected chi connectivity index (χ0v) is 14.8. The quantitative estimate of drug-likeness (QED) is 0.497. The number of aryl methyl sites for hydroxylation is 1. The second-order valence-corrected chi connectivity index (χ2v) is 7.44. The normalized spacial score (nSPS) is 12.5. The minimum Gasteiger partial charge on any atom is -0.468 e. The maximum Gasteiger partial charge on any atom is 0.316 e. The number of nitrogens with zero attached hydrogens (tertiary/aromatic N) is 1. The molecule has 2 rings (SSSR count). The molecule has 0 bridgehead atoms. The summed E-state index contributed by atoms with van der Waals surface area (Å²) in [5, 5.41) is 1.16. The van der Waals surface area contributed by atoms with E-state index in [-0.39, 0.29) is 17.3 Å². The number of H-pyrrole nitrogens is 1. The molecule has 5 nitrogen and oxygen atoms in total. The molecule has 0 aliphatic heterocycles. The minimum absolute atomic E-state index is 0.125. The number of fused-ring (bicyclic) bond motifs is 1. The van der Waals surface area contributed by atoms with Gasteiger partial charge >= 0.3 is 5.97 Å². The number of nitrogens with one attached hydrogen (secondary N) is 1. The number of aromatic nitrogens is 2. The van der Waals surface area contributed by atoms with E-state index < -0.39 is 0 Å². The van der Waals surface area contributed by atoms with Crippen LogP contribution in [0.5, 0.6) is 0 Å².